The highest BCUT2D eigenvalue weighted by atomic mass is 32.2. The number of carboxylic acids is 1. The van der Waals surface area contributed by atoms with E-state index < -0.39 is 5.97 Å². The van der Waals surface area contributed by atoms with E-state index in [1.807, 2.05) is 23.9 Å². The molecule has 84 valence electrons. The summed E-state index contributed by atoms with van der Waals surface area (Å²) in [6.45, 7) is 0. The molecule has 0 saturated carbocycles. The number of aromatic nitrogens is 3. The Bertz CT molecular complexity index is 493. The summed E-state index contributed by atoms with van der Waals surface area (Å²) >= 11 is 2.76. The Morgan fingerprint density at radius 1 is 1.62 bits per heavy atom. The molecular formula is C9H9N3O2S2. The predicted octanol–water partition coefficient (Wildman–Crippen LogP) is 1.72. The van der Waals surface area contributed by atoms with Gasteiger partial charge in [-0.25, -0.2) is 0 Å². The van der Waals surface area contributed by atoms with Gasteiger partial charge in [0.25, 0.3) is 0 Å². The topological polar surface area (TPSA) is 68.0 Å². The SMILES string of the molecule is Cn1c(SCC(=O)O)nnc1-c1ccsc1. The Hall–Kier alpha value is -1.34. The molecule has 0 aliphatic carbocycles. The van der Waals surface area contributed by atoms with Crippen LogP contribution in [0.15, 0.2) is 22.0 Å². The van der Waals surface area contributed by atoms with E-state index in [-0.39, 0.29) is 5.75 Å². The molecule has 2 heterocycles. The van der Waals surface area contributed by atoms with Gasteiger partial charge in [-0.2, -0.15) is 11.3 Å². The molecule has 0 amide bonds. The van der Waals surface area contributed by atoms with Crippen molar-refractivity contribution in [2.45, 2.75) is 5.16 Å². The second kappa shape index (κ2) is 4.67. The van der Waals surface area contributed by atoms with Crippen LogP contribution in [0.4, 0.5) is 0 Å². The highest BCUT2D eigenvalue weighted by Gasteiger charge is 2.12. The van der Waals surface area contributed by atoms with Gasteiger partial charge in [-0.1, -0.05) is 11.8 Å². The molecule has 0 aliphatic rings. The molecule has 16 heavy (non-hydrogen) atoms. The number of hydrogen-bond acceptors (Lipinski definition) is 5. The fourth-order valence-corrected chi connectivity index (χ4v) is 2.48. The third-order valence-corrected chi connectivity index (χ3v) is 3.63. The first-order valence-electron chi connectivity index (χ1n) is 4.45. The third kappa shape index (κ3) is 2.25. The monoisotopic (exact) mass is 255 g/mol. The molecular weight excluding hydrogens is 246 g/mol. The first kappa shape index (κ1) is 11.2. The minimum Gasteiger partial charge on any atom is -0.481 e. The first-order chi connectivity index (χ1) is 7.68. The van der Waals surface area contributed by atoms with Crippen LogP contribution in [0, 0.1) is 0 Å². The van der Waals surface area contributed by atoms with Crippen LogP contribution in [-0.4, -0.2) is 31.6 Å². The van der Waals surface area contributed by atoms with Crippen LogP contribution in [0.5, 0.6) is 0 Å². The number of aliphatic carboxylic acids is 1. The van der Waals surface area contributed by atoms with Crippen molar-refractivity contribution in [3.63, 3.8) is 0 Å². The lowest BCUT2D eigenvalue weighted by Gasteiger charge is -2.00. The summed E-state index contributed by atoms with van der Waals surface area (Å²) in [5.74, 6) is -0.102. The van der Waals surface area contributed by atoms with Crippen molar-refractivity contribution in [3.05, 3.63) is 16.8 Å². The maximum absolute atomic E-state index is 10.4. The normalized spacial score (nSPS) is 10.6. The molecule has 0 saturated heterocycles. The molecule has 2 rings (SSSR count). The van der Waals surface area contributed by atoms with E-state index in [0.29, 0.717) is 5.16 Å². The van der Waals surface area contributed by atoms with Gasteiger partial charge in [0.05, 0.1) is 5.75 Å². The second-order valence-corrected chi connectivity index (χ2v) is 4.78. The first-order valence-corrected chi connectivity index (χ1v) is 6.38. The van der Waals surface area contributed by atoms with Crippen molar-refractivity contribution in [1.29, 1.82) is 0 Å². The lowest BCUT2D eigenvalue weighted by atomic mass is 10.3. The summed E-state index contributed by atoms with van der Waals surface area (Å²) in [5, 5.41) is 21.1. The zero-order valence-corrected chi connectivity index (χ0v) is 10.1. The molecule has 0 radical (unpaired) electrons. The Kier molecular flexibility index (Phi) is 3.25. The van der Waals surface area contributed by atoms with Crippen LogP contribution >= 0.6 is 23.1 Å². The van der Waals surface area contributed by atoms with Crippen LogP contribution in [0.3, 0.4) is 0 Å². The summed E-state index contributed by atoms with van der Waals surface area (Å²) in [5.41, 5.74) is 1.00. The van der Waals surface area contributed by atoms with Crippen molar-refractivity contribution in [1.82, 2.24) is 14.8 Å². The average molecular weight is 255 g/mol. The van der Waals surface area contributed by atoms with Gasteiger partial charge >= 0.3 is 5.97 Å². The van der Waals surface area contributed by atoms with Crippen molar-refractivity contribution < 1.29 is 9.90 Å². The highest BCUT2D eigenvalue weighted by molar-refractivity contribution is 7.99. The molecule has 0 aliphatic heterocycles. The maximum Gasteiger partial charge on any atom is 0.313 e. The molecule has 0 bridgehead atoms. The lowest BCUT2D eigenvalue weighted by Crippen LogP contribution is -2.00. The second-order valence-electron chi connectivity index (χ2n) is 3.06. The molecule has 0 fully saturated rings. The molecule has 0 aromatic carbocycles. The zero-order valence-electron chi connectivity index (χ0n) is 8.45. The number of carbonyl (C=O) groups is 1. The molecule has 2 aromatic heterocycles. The minimum absolute atomic E-state index is 0.00435. The predicted molar refractivity (Wildman–Crippen MR) is 62.7 cm³/mol. The molecule has 0 spiro atoms. The van der Waals surface area contributed by atoms with Gasteiger partial charge in [0.15, 0.2) is 11.0 Å². The van der Waals surface area contributed by atoms with Crippen molar-refractivity contribution in [2.24, 2.45) is 7.05 Å². The van der Waals surface area contributed by atoms with E-state index in [1.54, 1.807) is 15.9 Å². The summed E-state index contributed by atoms with van der Waals surface area (Å²) in [6, 6.07) is 1.96. The smallest absolute Gasteiger partial charge is 0.313 e. The summed E-state index contributed by atoms with van der Waals surface area (Å²) in [6.07, 6.45) is 0. The number of thioether (sulfide) groups is 1. The van der Waals surface area contributed by atoms with Gasteiger partial charge in [-0.05, 0) is 11.4 Å². The largest absolute Gasteiger partial charge is 0.481 e. The standard InChI is InChI=1S/C9H9N3O2S2/c1-12-8(6-2-3-15-4-6)10-11-9(12)16-5-7(13)14/h2-4H,5H2,1H3,(H,13,14). The van der Waals surface area contributed by atoms with Gasteiger partial charge in [0.1, 0.15) is 0 Å². The Balaban J connectivity index is 2.21. The lowest BCUT2D eigenvalue weighted by molar-refractivity contribution is -0.133. The van der Waals surface area contributed by atoms with Crippen LogP contribution in [0.1, 0.15) is 0 Å². The van der Waals surface area contributed by atoms with Crippen LogP contribution < -0.4 is 0 Å². The number of rotatable bonds is 4. The van der Waals surface area contributed by atoms with Crippen molar-refractivity contribution in [2.75, 3.05) is 5.75 Å². The Labute approximate surface area is 100 Å². The highest BCUT2D eigenvalue weighted by Crippen LogP contribution is 2.23. The van der Waals surface area contributed by atoms with Crippen molar-refractivity contribution in [3.8, 4) is 11.4 Å². The zero-order chi connectivity index (χ0) is 11.5. The molecule has 0 unspecified atom stereocenters. The fourth-order valence-electron chi connectivity index (χ4n) is 1.21. The quantitative estimate of drug-likeness (QED) is 0.842. The molecule has 5 nitrogen and oxygen atoms in total. The van der Waals surface area contributed by atoms with E-state index in [0.717, 1.165) is 11.4 Å². The van der Waals surface area contributed by atoms with Gasteiger partial charge in [-0.3, -0.25) is 4.79 Å². The van der Waals surface area contributed by atoms with Crippen LogP contribution in [-0.2, 0) is 11.8 Å². The Morgan fingerprint density at radius 2 is 2.44 bits per heavy atom. The van der Waals surface area contributed by atoms with Crippen LogP contribution in [0.2, 0.25) is 0 Å². The van der Waals surface area contributed by atoms with Gasteiger partial charge in [-0.15, -0.1) is 10.2 Å². The number of thiophene rings is 1. The van der Waals surface area contributed by atoms with Crippen molar-refractivity contribution >= 4 is 29.1 Å². The summed E-state index contributed by atoms with van der Waals surface area (Å²) in [4.78, 5) is 10.4. The van der Waals surface area contributed by atoms with Crippen LogP contribution in [0.25, 0.3) is 11.4 Å². The maximum atomic E-state index is 10.4. The average Bonchev–Trinajstić information content (AvgIpc) is 2.84. The van der Waals surface area contributed by atoms with E-state index in [9.17, 15) is 4.79 Å². The van der Waals surface area contributed by atoms with Gasteiger partial charge in [0.2, 0.25) is 0 Å². The molecule has 7 heteroatoms. The summed E-state index contributed by atoms with van der Waals surface area (Å²) < 4.78 is 1.80. The Morgan fingerprint density at radius 3 is 3.06 bits per heavy atom. The third-order valence-electron chi connectivity index (χ3n) is 1.94. The van der Waals surface area contributed by atoms with E-state index >= 15 is 0 Å². The van der Waals surface area contributed by atoms with E-state index in [2.05, 4.69) is 10.2 Å². The molecule has 1 N–H and O–H groups in total. The molecule has 0 atom stereocenters. The minimum atomic E-state index is -0.856. The van der Waals surface area contributed by atoms with Gasteiger partial charge < -0.3 is 9.67 Å². The van der Waals surface area contributed by atoms with E-state index in [1.165, 1.54) is 11.8 Å². The number of carboxylic acid groups (broad SMARTS) is 1. The molecule has 2 aromatic rings. The van der Waals surface area contributed by atoms with E-state index in [4.69, 9.17) is 5.11 Å². The number of hydrogen-bond donors (Lipinski definition) is 1. The fraction of sp³-hybridized carbons (Fsp3) is 0.222. The van der Waals surface area contributed by atoms with Gasteiger partial charge in [0, 0.05) is 18.0 Å². The summed E-state index contributed by atoms with van der Waals surface area (Å²) in [7, 11) is 1.83. The number of nitrogens with zero attached hydrogens (tertiary/aromatic N) is 3.